The summed E-state index contributed by atoms with van der Waals surface area (Å²) in [5.74, 6) is 0.855. The molecular formula is C13H27NO. The molecule has 0 saturated heterocycles. The normalized spacial score (nSPS) is 21.6. The average Bonchev–Trinajstić information content (AvgIpc) is 2.27. The van der Waals surface area contributed by atoms with Gasteiger partial charge in [-0.25, -0.2) is 0 Å². The maximum Gasteiger partial charge on any atom is 0.0494 e. The van der Waals surface area contributed by atoms with Gasteiger partial charge in [-0.05, 0) is 25.7 Å². The van der Waals surface area contributed by atoms with Crippen molar-refractivity contribution in [2.24, 2.45) is 11.3 Å². The fourth-order valence-corrected chi connectivity index (χ4v) is 2.29. The minimum absolute atomic E-state index is 0.0168. The molecule has 1 fully saturated rings. The van der Waals surface area contributed by atoms with Gasteiger partial charge in [0.15, 0.2) is 0 Å². The lowest BCUT2D eigenvalue weighted by molar-refractivity contribution is 0.146. The van der Waals surface area contributed by atoms with Gasteiger partial charge in [-0.1, -0.05) is 33.1 Å². The standard InChI is InChI=1S/C13H27NO/c1-11(12-7-5-4-6-8-12)14-9-13(2,3)10-15/h11-12,14-15H,4-10H2,1-3H3/t11-/m0/s1. The molecule has 90 valence electrons. The molecule has 1 aliphatic rings. The summed E-state index contributed by atoms with van der Waals surface area (Å²) in [6, 6.07) is 0.608. The first-order valence-corrected chi connectivity index (χ1v) is 6.39. The minimum Gasteiger partial charge on any atom is -0.396 e. The fourth-order valence-electron chi connectivity index (χ4n) is 2.29. The van der Waals surface area contributed by atoms with Crippen LogP contribution in [0.2, 0.25) is 0 Å². The lowest BCUT2D eigenvalue weighted by Crippen LogP contribution is -2.41. The van der Waals surface area contributed by atoms with E-state index in [1.165, 1.54) is 32.1 Å². The molecule has 2 nitrogen and oxygen atoms in total. The van der Waals surface area contributed by atoms with E-state index >= 15 is 0 Å². The second-order valence-corrected chi connectivity index (χ2v) is 5.89. The van der Waals surface area contributed by atoms with E-state index in [-0.39, 0.29) is 12.0 Å². The summed E-state index contributed by atoms with van der Waals surface area (Å²) in [5, 5.41) is 12.8. The first-order chi connectivity index (χ1) is 7.05. The molecule has 0 bridgehead atoms. The lowest BCUT2D eigenvalue weighted by atomic mass is 9.84. The van der Waals surface area contributed by atoms with Crippen molar-refractivity contribution >= 4 is 0 Å². The van der Waals surface area contributed by atoms with Crippen molar-refractivity contribution in [1.29, 1.82) is 0 Å². The van der Waals surface area contributed by atoms with Gasteiger partial charge >= 0.3 is 0 Å². The Morgan fingerprint density at radius 2 is 1.87 bits per heavy atom. The highest BCUT2D eigenvalue weighted by molar-refractivity contribution is 4.79. The average molecular weight is 213 g/mol. The fraction of sp³-hybridized carbons (Fsp3) is 1.00. The Morgan fingerprint density at radius 3 is 2.40 bits per heavy atom. The molecule has 1 atom stereocenters. The Kier molecular flexibility index (Phi) is 5.07. The van der Waals surface area contributed by atoms with Gasteiger partial charge in [-0.2, -0.15) is 0 Å². The van der Waals surface area contributed by atoms with E-state index in [4.69, 9.17) is 0 Å². The van der Waals surface area contributed by atoms with Crippen LogP contribution in [0.15, 0.2) is 0 Å². The van der Waals surface area contributed by atoms with E-state index in [0.29, 0.717) is 6.04 Å². The molecule has 0 amide bonds. The first-order valence-electron chi connectivity index (χ1n) is 6.39. The van der Waals surface area contributed by atoms with Gasteiger partial charge in [0.1, 0.15) is 0 Å². The molecule has 0 heterocycles. The van der Waals surface area contributed by atoms with Crippen molar-refractivity contribution in [1.82, 2.24) is 5.32 Å². The van der Waals surface area contributed by atoms with Gasteiger partial charge in [-0.3, -0.25) is 0 Å². The van der Waals surface area contributed by atoms with Crippen LogP contribution in [0.4, 0.5) is 0 Å². The molecule has 1 saturated carbocycles. The quantitative estimate of drug-likeness (QED) is 0.735. The van der Waals surface area contributed by atoms with Crippen LogP contribution in [-0.2, 0) is 0 Å². The van der Waals surface area contributed by atoms with Crippen LogP contribution in [-0.4, -0.2) is 24.3 Å². The monoisotopic (exact) mass is 213 g/mol. The number of hydrogen-bond donors (Lipinski definition) is 2. The number of aliphatic hydroxyl groups is 1. The lowest BCUT2D eigenvalue weighted by Gasteiger charge is -2.31. The zero-order valence-electron chi connectivity index (χ0n) is 10.6. The van der Waals surface area contributed by atoms with Crippen LogP contribution in [0.25, 0.3) is 0 Å². The van der Waals surface area contributed by atoms with E-state index in [9.17, 15) is 5.11 Å². The summed E-state index contributed by atoms with van der Waals surface area (Å²) >= 11 is 0. The van der Waals surface area contributed by atoms with Gasteiger partial charge < -0.3 is 10.4 Å². The highest BCUT2D eigenvalue weighted by Gasteiger charge is 2.22. The first kappa shape index (κ1) is 13.0. The van der Waals surface area contributed by atoms with Gasteiger partial charge in [0, 0.05) is 24.6 Å². The minimum atomic E-state index is 0.0168. The van der Waals surface area contributed by atoms with Crippen LogP contribution in [0, 0.1) is 11.3 Å². The van der Waals surface area contributed by atoms with Gasteiger partial charge in [-0.15, -0.1) is 0 Å². The van der Waals surface area contributed by atoms with Crippen LogP contribution in [0.1, 0.15) is 52.9 Å². The molecule has 2 N–H and O–H groups in total. The molecule has 1 aliphatic carbocycles. The maximum absolute atomic E-state index is 9.18. The van der Waals surface area contributed by atoms with Crippen LogP contribution in [0.5, 0.6) is 0 Å². The molecule has 0 aromatic heterocycles. The third-order valence-corrected chi connectivity index (χ3v) is 3.69. The third kappa shape index (κ3) is 4.52. The summed E-state index contributed by atoms with van der Waals surface area (Å²) in [6.07, 6.45) is 6.99. The maximum atomic E-state index is 9.18. The molecule has 0 aromatic rings. The molecule has 1 rings (SSSR count). The van der Waals surface area contributed by atoms with E-state index in [1.54, 1.807) is 0 Å². The molecule has 0 aromatic carbocycles. The Labute approximate surface area is 94.5 Å². The summed E-state index contributed by atoms with van der Waals surface area (Å²) < 4.78 is 0. The van der Waals surface area contributed by atoms with Gasteiger partial charge in [0.2, 0.25) is 0 Å². The highest BCUT2D eigenvalue weighted by atomic mass is 16.3. The van der Waals surface area contributed by atoms with Gasteiger partial charge in [0.05, 0.1) is 0 Å². The molecule has 0 aliphatic heterocycles. The number of nitrogens with one attached hydrogen (secondary N) is 1. The predicted molar refractivity (Wildman–Crippen MR) is 64.9 cm³/mol. The molecule has 0 radical (unpaired) electrons. The third-order valence-electron chi connectivity index (χ3n) is 3.69. The summed E-state index contributed by atoms with van der Waals surface area (Å²) in [5.41, 5.74) is 0.0168. The van der Waals surface area contributed by atoms with Crippen LogP contribution in [0.3, 0.4) is 0 Å². The Bertz CT molecular complexity index is 173. The van der Waals surface area contributed by atoms with Gasteiger partial charge in [0.25, 0.3) is 0 Å². The van der Waals surface area contributed by atoms with Crippen molar-refractivity contribution in [2.45, 2.75) is 58.9 Å². The van der Waals surface area contributed by atoms with E-state index in [2.05, 4.69) is 26.1 Å². The van der Waals surface area contributed by atoms with Crippen molar-refractivity contribution in [3.8, 4) is 0 Å². The summed E-state index contributed by atoms with van der Waals surface area (Å²) in [6.45, 7) is 7.68. The second kappa shape index (κ2) is 5.86. The van der Waals surface area contributed by atoms with Crippen LogP contribution < -0.4 is 5.32 Å². The largest absolute Gasteiger partial charge is 0.396 e. The molecule has 2 heteroatoms. The number of hydrogen-bond acceptors (Lipinski definition) is 2. The zero-order chi connectivity index (χ0) is 11.3. The number of aliphatic hydroxyl groups excluding tert-OH is 1. The van der Waals surface area contributed by atoms with Crippen molar-refractivity contribution in [3.63, 3.8) is 0 Å². The van der Waals surface area contributed by atoms with Crippen molar-refractivity contribution in [2.75, 3.05) is 13.2 Å². The van der Waals surface area contributed by atoms with E-state index in [1.807, 2.05) is 0 Å². The van der Waals surface area contributed by atoms with E-state index < -0.39 is 0 Å². The topological polar surface area (TPSA) is 32.3 Å². The Balaban J connectivity index is 2.25. The van der Waals surface area contributed by atoms with E-state index in [0.717, 1.165) is 12.5 Å². The Hall–Kier alpha value is -0.0800. The van der Waals surface area contributed by atoms with Crippen molar-refractivity contribution in [3.05, 3.63) is 0 Å². The zero-order valence-corrected chi connectivity index (χ0v) is 10.6. The molecule has 0 spiro atoms. The molecular weight excluding hydrogens is 186 g/mol. The summed E-state index contributed by atoms with van der Waals surface area (Å²) in [4.78, 5) is 0. The SMILES string of the molecule is C[C@H](NCC(C)(C)CO)C1CCCCC1. The highest BCUT2D eigenvalue weighted by Crippen LogP contribution is 2.26. The second-order valence-electron chi connectivity index (χ2n) is 5.89. The number of rotatable bonds is 5. The molecule has 0 unspecified atom stereocenters. The molecule has 15 heavy (non-hydrogen) atoms. The smallest absolute Gasteiger partial charge is 0.0494 e. The predicted octanol–water partition coefficient (Wildman–Crippen LogP) is 2.56. The summed E-state index contributed by atoms with van der Waals surface area (Å²) in [7, 11) is 0. The Morgan fingerprint density at radius 1 is 1.27 bits per heavy atom. The van der Waals surface area contributed by atoms with Crippen LogP contribution >= 0.6 is 0 Å². The van der Waals surface area contributed by atoms with Crippen molar-refractivity contribution < 1.29 is 5.11 Å².